The van der Waals surface area contributed by atoms with E-state index in [4.69, 9.17) is 4.74 Å². The van der Waals surface area contributed by atoms with Crippen LogP contribution in [0.15, 0.2) is 67.3 Å². The van der Waals surface area contributed by atoms with Crippen LogP contribution in [0.1, 0.15) is 18.4 Å². The van der Waals surface area contributed by atoms with Crippen molar-refractivity contribution in [2.75, 3.05) is 6.61 Å². The molecule has 6 heteroatoms. The maximum atomic E-state index is 12.0. The Labute approximate surface area is 146 Å². The maximum Gasteiger partial charge on any atom is 0.220 e. The Morgan fingerprint density at radius 1 is 1.08 bits per heavy atom. The van der Waals surface area contributed by atoms with Crippen LogP contribution in [0.5, 0.6) is 5.75 Å². The Bertz CT molecular complexity index is 788. The summed E-state index contributed by atoms with van der Waals surface area (Å²) in [6.07, 6.45) is 4.23. The maximum absolute atomic E-state index is 12.0. The summed E-state index contributed by atoms with van der Waals surface area (Å²) in [6.45, 7) is 0.974. The molecule has 1 heterocycles. The fourth-order valence-electron chi connectivity index (χ4n) is 2.44. The van der Waals surface area contributed by atoms with Gasteiger partial charge < -0.3 is 10.1 Å². The van der Waals surface area contributed by atoms with Gasteiger partial charge in [0.2, 0.25) is 5.91 Å². The Balaban J connectivity index is 1.44. The molecular weight excluding hydrogens is 316 g/mol. The molecule has 25 heavy (non-hydrogen) atoms. The fourth-order valence-corrected chi connectivity index (χ4v) is 2.44. The van der Waals surface area contributed by atoms with Crippen LogP contribution in [-0.2, 0) is 11.3 Å². The first-order valence-corrected chi connectivity index (χ1v) is 8.20. The predicted octanol–water partition coefficient (Wildman–Crippen LogP) is 2.74. The number of carbonyl (C=O) groups is 1. The van der Waals surface area contributed by atoms with Crippen molar-refractivity contribution in [3.63, 3.8) is 0 Å². The minimum absolute atomic E-state index is 0.00468. The van der Waals surface area contributed by atoms with E-state index in [-0.39, 0.29) is 5.91 Å². The summed E-state index contributed by atoms with van der Waals surface area (Å²) in [5.74, 6) is 0.828. The summed E-state index contributed by atoms with van der Waals surface area (Å²) >= 11 is 0. The second kappa shape index (κ2) is 8.63. The second-order valence-electron chi connectivity index (χ2n) is 5.51. The largest absolute Gasteiger partial charge is 0.494 e. The number of aromatic nitrogens is 3. The fraction of sp³-hybridized carbons (Fsp3) is 0.211. The van der Waals surface area contributed by atoms with Gasteiger partial charge in [0.1, 0.15) is 18.4 Å². The molecule has 0 aliphatic carbocycles. The van der Waals surface area contributed by atoms with Crippen LogP contribution < -0.4 is 10.1 Å². The number of nitrogens with zero attached hydrogens (tertiary/aromatic N) is 3. The third kappa shape index (κ3) is 4.91. The molecule has 0 fully saturated rings. The zero-order chi connectivity index (χ0) is 17.3. The number of carbonyl (C=O) groups excluding carboxylic acids is 1. The number of ether oxygens (including phenoxy) is 1. The minimum atomic E-state index is 0.00468. The van der Waals surface area contributed by atoms with Crippen molar-refractivity contribution in [2.24, 2.45) is 0 Å². The van der Waals surface area contributed by atoms with Crippen molar-refractivity contribution >= 4 is 5.91 Å². The van der Waals surface area contributed by atoms with E-state index in [2.05, 4.69) is 15.4 Å². The first-order chi connectivity index (χ1) is 12.3. The van der Waals surface area contributed by atoms with Gasteiger partial charge in [-0.2, -0.15) is 5.10 Å². The van der Waals surface area contributed by atoms with Gasteiger partial charge in [0.15, 0.2) is 0 Å². The Morgan fingerprint density at radius 3 is 2.68 bits per heavy atom. The van der Waals surface area contributed by atoms with Gasteiger partial charge in [-0.15, -0.1) is 0 Å². The number of benzene rings is 2. The van der Waals surface area contributed by atoms with Crippen LogP contribution in [0, 0.1) is 0 Å². The highest BCUT2D eigenvalue weighted by Gasteiger charge is 2.07. The number of rotatable bonds is 8. The molecule has 0 spiro atoms. The monoisotopic (exact) mass is 336 g/mol. The standard InChI is InChI=1S/C19H20N4O2/c24-19(11-6-12-25-17-8-2-1-3-9-17)21-13-16-7-4-5-10-18(16)23-15-20-14-22-23/h1-5,7-10,14-15H,6,11-13H2,(H,21,24). The molecule has 128 valence electrons. The highest BCUT2D eigenvalue weighted by atomic mass is 16.5. The van der Waals surface area contributed by atoms with Crippen molar-refractivity contribution in [1.29, 1.82) is 0 Å². The third-order valence-corrected chi connectivity index (χ3v) is 3.69. The van der Waals surface area contributed by atoms with E-state index in [1.54, 1.807) is 11.0 Å². The molecular formula is C19H20N4O2. The topological polar surface area (TPSA) is 69.0 Å². The number of para-hydroxylation sites is 2. The van der Waals surface area contributed by atoms with Gasteiger partial charge in [0.05, 0.1) is 12.3 Å². The van der Waals surface area contributed by atoms with E-state index in [0.29, 0.717) is 26.0 Å². The van der Waals surface area contributed by atoms with Crippen LogP contribution in [0.25, 0.3) is 5.69 Å². The van der Waals surface area contributed by atoms with Crippen molar-refractivity contribution in [2.45, 2.75) is 19.4 Å². The molecule has 0 aliphatic heterocycles. The molecule has 3 rings (SSSR count). The van der Waals surface area contributed by atoms with Gasteiger partial charge >= 0.3 is 0 Å². The summed E-state index contributed by atoms with van der Waals surface area (Å²) in [4.78, 5) is 16.0. The number of amides is 1. The summed E-state index contributed by atoms with van der Waals surface area (Å²) in [5.41, 5.74) is 1.90. The number of nitrogens with one attached hydrogen (secondary N) is 1. The van der Waals surface area contributed by atoms with Crippen molar-refractivity contribution < 1.29 is 9.53 Å². The molecule has 6 nitrogen and oxygen atoms in total. The van der Waals surface area contributed by atoms with E-state index < -0.39 is 0 Å². The van der Waals surface area contributed by atoms with Gasteiger partial charge in [-0.3, -0.25) is 4.79 Å². The molecule has 2 aromatic carbocycles. The molecule has 0 aliphatic rings. The van der Waals surface area contributed by atoms with Crippen LogP contribution in [0.3, 0.4) is 0 Å². The number of hydrogen-bond donors (Lipinski definition) is 1. The molecule has 0 radical (unpaired) electrons. The van der Waals surface area contributed by atoms with E-state index in [1.165, 1.54) is 6.33 Å². The summed E-state index contributed by atoms with van der Waals surface area (Å²) in [5, 5.41) is 7.08. The first kappa shape index (κ1) is 16.7. The highest BCUT2D eigenvalue weighted by molar-refractivity contribution is 5.75. The lowest BCUT2D eigenvalue weighted by molar-refractivity contribution is -0.121. The Hall–Kier alpha value is -3.15. The van der Waals surface area contributed by atoms with Crippen LogP contribution in [0.2, 0.25) is 0 Å². The van der Waals surface area contributed by atoms with Crippen molar-refractivity contribution in [3.8, 4) is 11.4 Å². The molecule has 1 amide bonds. The minimum Gasteiger partial charge on any atom is -0.494 e. The Kier molecular flexibility index (Phi) is 5.77. The zero-order valence-corrected chi connectivity index (χ0v) is 13.8. The van der Waals surface area contributed by atoms with E-state index in [9.17, 15) is 4.79 Å². The van der Waals surface area contributed by atoms with E-state index >= 15 is 0 Å². The second-order valence-corrected chi connectivity index (χ2v) is 5.51. The quantitative estimate of drug-likeness (QED) is 0.642. The smallest absolute Gasteiger partial charge is 0.220 e. The predicted molar refractivity (Wildman–Crippen MR) is 94.4 cm³/mol. The van der Waals surface area contributed by atoms with Crippen molar-refractivity contribution in [1.82, 2.24) is 20.1 Å². The van der Waals surface area contributed by atoms with Crippen LogP contribution in [0.4, 0.5) is 0 Å². The van der Waals surface area contributed by atoms with Gasteiger partial charge in [0.25, 0.3) is 0 Å². The molecule has 3 aromatic rings. The van der Waals surface area contributed by atoms with Gasteiger partial charge in [0, 0.05) is 13.0 Å². The van der Waals surface area contributed by atoms with Gasteiger partial charge in [-0.05, 0) is 30.2 Å². The van der Waals surface area contributed by atoms with E-state index in [0.717, 1.165) is 17.0 Å². The van der Waals surface area contributed by atoms with E-state index in [1.807, 2.05) is 54.6 Å². The molecule has 0 atom stereocenters. The average Bonchev–Trinajstić information content (AvgIpc) is 3.19. The summed E-state index contributed by atoms with van der Waals surface area (Å²) in [6, 6.07) is 17.4. The molecule has 0 saturated heterocycles. The number of hydrogen-bond acceptors (Lipinski definition) is 4. The SMILES string of the molecule is O=C(CCCOc1ccccc1)NCc1ccccc1-n1cncn1. The lowest BCUT2D eigenvalue weighted by Gasteiger charge is -2.10. The molecule has 1 aromatic heterocycles. The lowest BCUT2D eigenvalue weighted by Crippen LogP contribution is -2.23. The van der Waals surface area contributed by atoms with Gasteiger partial charge in [-0.1, -0.05) is 36.4 Å². The normalized spacial score (nSPS) is 10.4. The third-order valence-electron chi connectivity index (χ3n) is 3.69. The average molecular weight is 336 g/mol. The lowest BCUT2D eigenvalue weighted by atomic mass is 10.1. The summed E-state index contributed by atoms with van der Waals surface area (Å²) < 4.78 is 7.28. The van der Waals surface area contributed by atoms with Crippen molar-refractivity contribution in [3.05, 3.63) is 72.8 Å². The highest BCUT2D eigenvalue weighted by Crippen LogP contribution is 2.13. The van der Waals surface area contributed by atoms with Gasteiger partial charge in [-0.25, -0.2) is 9.67 Å². The zero-order valence-electron chi connectivity index (χ0n) is 13.8. The molecule has 0 bridgehead atoms. The molecule has 0 saturated carbocycles. The molecule has 1 N–H and O–H groups in total. The van der Waals surface area contributed by atoms with Crippen LogP contribution >= 0.6 is 0 Å². The molecule has 0 unspecified atom stereocenters. The first-order valence-electron chi connectivity index (χ1n) is 8.20. The summed E-state index contributed by atoms with van der Waals surface area (Å²) in [7, 11) is 0. The Morgan fingerprint density at radius 2 is 1.88 bits per heavy atom. The van der Waals surface area contributed by atoms with Crippen LogP contribution in [-0.4, -0.2) is 27.3 Å².